The lowest BCUT2D eigenvalue weighted by molar-refractivity contribution is -0.157. The van der Waals surface area contributed by atoms with Crippen molar-refractivity contribution < 1.29 is 32.2 Å². The SMILES string of the molecule is COC(=O)CCCS(=O)(=O)N1CCOC(C(=O)OC)C1. The van der Waals surface area contributed by atoms with E-state index in [-0.39, 0.29) is 38.3 Å². The molecule has 1 fully saturated rings. The van der Waals surface area contributed by atoms with Crippen LogP contribution in [-0.2, 0) is 33.8 Å². The molecule has 9 heteroatoms. The Labute approximate surface area is 118 Å². The first kappa shape index (κ1) is 16.9. The van der Waals surface area contributed by atoms with Crippen LogP contribution in [0.2, 0.25) is 0 Å². The van der Waals surface area contributed by atoms with Crippen molar-refractivity contribution in [2.24, 2.45) is 0 Å². The van der Waals surface area contributed by atoms with Crippen molar-refractivity contribution in [2.45, 2.75) is 18.9 Å². The van der Waals surface area contributed by atoms with Crippen LogP contribution >= 0.6 is 0 Å². The number of methoxy groups -OCH3 is 2. The largest absolute Gasteiger partial charge is 0.469 e. The van der Waals surface area contributed by atoms with Gasteiger partial charge < -0.3 is 14.2 Å². The van der Waals surface area contributed by atoms with Crippen LogP contribution in [-0.4, -0.2) is 70.4 Å². The van der Waals surface area contributed by atoms with Gasteiger partial charge in [-0.2, -0.15) is 4.31 Å². The molecule has 1 unspecified atom stereocenters. The minimum atomic E-state index is -3.52. The Morgan fingerprint density at radius 1 is 1.30 bits per heavy atom. The summed E-state index contributed by atoms with van der Waals surface area (Å²) >= 11 is 0. The molecule has 0 aromatic heterocycles. The topological polar surface area (TPSA) is 99.2 Å². The molecule has 0 bridgehead atoms. The highest BCUT2D eigenvalue weighted by Crippen LogP contribution is 2.13. The lowest BCUT2D eigenvalue weighted by Gasteiger charge is -2.30. The summed E-state index contributed by atoms with van der Waals surface area (Å²) in [6, 6.07) is 0. The number of nitrogens with zero attached hydrogens (tertiary/aromatic N) is 1. The summed E-state index contributed by atoms with van der Waals surface area (Å²) in [5, 5.41) is 0. The molecule has 0 spiro atoms. The maximum atomic E-state index is 12.1. The molecule has 0 aliphatic carbocycles. The summed E-state index contributed by atoms with van der Waals surface area (Å²) in [7, 11) is -1.06. The smallest absolute Gasteiger partial charge is 0.336 e. The quantitative estimate of drug-likeness (QED) is 0.589. The van der Waals surface area contributed by atoms with Gasteiger partial charge in [0.25, 0.3) is 0 Å². The average Bonchev–Trinajstić information content (AvgIpc) is 2.46. The number of hydrogen-bond acceptors (Lipinski definition) is 7. The number of hydrogen-bond donors (Lipinski definition) is 0. The third kappa shape index (κ3) is 4.73. The summed E-state index contributed by atoms with van der Waals surface area (Å²) in [6.07, 6.45) is -0.681. The third-order valence-corrected chi connectivity index (χ3v) is 4.82. The molecule has 0 radical (unpaired) electrons. The molecule has 0 amide bonds. The van der Waals surface area contributed by atoms with Crippen LogP contribution < -0.4 is 0 Å². The van der Waals surface area contributed by atoms with Gasteiger partial charge in [0.2, 0.25) is 10.0 Å². The Morgan fingerprint density at radius 3 is 2.60 bits per heavy atom. The zero-order valence-corrected chi connectivity index (χ0v) is 12.3. The predicted octanol–water partition coefficient (Wildman–Crippen LogP) is -0.857. The van der Waals surface area contributed by atoms with E-state index in [4.69, 9.17) is 4.74 Å². The number of sulfonamides is 1. The lowest BCUT2D eigenvalue weighted by Crippen LogP contribution is -2.49. The van der Waals surface area contributed by atoms with E-state index in [1.807, 2.05) is 0 Å². The van der Waals surface area contributed by atoms with Gasteiger partial charge in [-0.15, -0.1) is 0 Å². The van der Waals surface area contributed by atoms with Gasteiger partial charge in [-0.1, -0.05) is 0 Å². The van der Waals surface area contributed by atoms with E-state index in [9.17, 15) is 18.0 Å². The average molecular weight is 309 g/mol. The Morgan fingerprint density at radius 2 is 2.00 bits per heavy atom. The van der Waals surface area contributed by atoms with E-state index in [0.717, 1.165) is 0 Å². The van der Waals surface area contributed by atoms with Crippen LogP contribution in [0.3, 0.4) is 0 Å². The van der Waals surface area contributed by atoms with Crippen molar-refractivity contribution in [3.8, 4) is 0 Å². The van der Waals surface area contributed by atoms with Crippen molar-refractivity contribution in [2.75, 3.05) is 39.7 Å². The number of morpholine rings is 1. The number of ether oxygens (including phenoxy) is 3. The van der Waals surface area contributed by atoms with E-state index >= 15 is 0 Å². The second kappa shape index (κ2) is 7.55. The molecule has 0 N–H and O–H groups in total. The molecule has 116 valence electrons. The summed E-state index contributed by atoms with van der Waals surface area (Å²) < 4.78 is 39.5. The van der Waals surface area contributed by atoms with Crippen molar-refractivity contribution in [3.05, 3.63) is 0 Å². The van der Waals surface area contributed by atoms with Gasteiger partial charge in [-0.05, 0) is 6.42 Å². The Balaban J connectivity index is 2.54. The fourth-order valence-electron chi connectivity index (χ4n) is 1.78. The van der Waals surface area contributed by atoms with E-state index in [2.05, 4.69) is 9.47 Å². The fraction of sp³-hybridized carbons (Fsp3) is 0.818. The van der Waals surface area contributed by atoms with Crippen molar-refractivity contribution in [3.63, 3.8) is 0 Å². The molecule has 8 nitrogen and oxygen atoms in total. The van der Waals surface area contributed by atoms with Gasteiger partial charge >= 0.3 is 11.9 Å². The number of esters is 2. The summed E-state index contributed by atoms with van der Waals surface area (Å²) in [4.78, 5) is 22.3. The zero-order chi connectivity index (χ0) is 15.2. The molecule has 1 saturated heterocycles. The highest BCUT2D eigenvalue weighted by Gasteiger charge is 2.33. The molecule has 0 aromatic rings. The van der Waals surface area contributed by atoms with Crippen LogP contribution in [0.15, 0.2) is 0 Å². The number of carbonyl (C=O) groups excluding carboxylic acids is 2. The Kier molecular flexibility index (Phi) is 6.37. The maximum Gasteiger partial charge on any atom is 0.336 e. The van der Waals surface area contributed by atoms with Crippen molar-refractivity contribution in [1.82, 2.24) is 4.31 Å². The molecular formula is C11H19NO7S. The van der Waals surface area contributed by atoms with Gasteiger partial charge in [-0.3, -0.25) is 4.79 Å². The van der Waals surface area contributed by atoms with Gasteiger partial charge in [0, 0.05) is 13.0 Å². The standard InChI is InChI=1S/C11H19NO7S/c1-17-10(13)4-3-7-20(15,16)12-5-6-19-9(8-12)11(14)18-2/h9H,3-8H2,1-2H3. The van der Waals surface area contributed by atoms with E-state index < -0.39 is 28.1 Å². The Bertz CT molecular complexity index is 448. The van der Waals surface area contributed by atoms with Gasteiger partial charge in [0.15, 0.2) is 6.10 Å². The Hall–Kier alpha value is -1.19. The minimum Gasteiger partial charge on any atom is -0.469 e. The molecule has 20 heavy (non-hydrogen) atoms. The highest BCUT2D eigenvalue weighted by molar-refractivity contribution is 7.89. The summed E-state index contributed by atoms with van der Waals surface area (Å²) in [6.45, 7) is 0.261. The summed E-state index contributed by atoms with van der Waals surface area (Å²) in [5.74, 6) is -1.22. The molecule has 1 atom stereocenters. The van der Waals surface area contributed by atoms with Crippen LogP contribution in [0.5, 0.6) is 0 Å². The monoisotopic (exact) mass is 309 g/mol. The molecule has 1 aliphatic rings. The second-order valence-electron chi connectivity index (χ2n) is 4.24. The van der Waals surface area contributed by atoms with Crippen LogP contribution in [0, 0.1) is 0 Å². The first-order valence-corrected chi connectivity index (χ1v) is 7.75. The first-order valence-electron chi connectivity index (χ1n) is 6.14. The van der Waals surface area contributed by atoms with E-state index in [1.54, 1.807) is 0 Å². The third-order valence-electron chi connectivity index (χ3n) is 2.90. The van der Waals surface area contributed by atoms with Crippen molar-refractivity contribution in [1.29, 1.82) is 0 Å². The van der Waals surface area contributed by atoms with E-state index in [1.165, 1.54) is 18.5 Å². The highest BCUT2D eigenvalue weighted by atomic mass is 32.2. The molecule has 1 rings (SSSR count). The molecule has 1 heterocycles. The summed E-state index contributed by atoms with van der Waals surface area (Å²) in [5.41, 5.74) is 0. The fourth-order valence-corrected chi connectivity index (χ4v) is 3.27. The van der Waals surface area contributed by atoms with Crippen LogP contribution in [0.25, 0.3) is 0 Å². The predicted molar refractivity (Wildman–Crippen MR) is 68.4 cm³/mol. The van der Waals surface area contributed by atoms with Crippen LogP contribution in [0.1, 0.15) is 12.8 Å². The normalized spacial score (nSPS) is 20.4. The van der Waals surface area contributed by atoms with Gasteiger partial charge in [-0.25, -0.2) is 13.2 Å². The first-order chi connectivity index (χ1) is 9.40. The lowest BCUT2D eigenvalue weighted by atomic mass is 10.3. The van der Waals surface area contributed by atoms with Crippen molar-refractivity contribution >= 4 is 22.0 Å². The number of carbonyl (C=O) groups is 2. The second-order valence-corrected chi connectivity index (χ2v) is 6.32. The van der Waals surface area contributed by atoms with E-state index in [0.29, 0.717) is 0 Å². The van der Waals surface area contributed by atoms with Crippen LogP contribution in [0.4, 0.5) is 0 Å². The number of rotatable bonds is 6. The van der Waals surface area contributed by atoms with Gasteiger partial charge in [0.1, 0.15) is 0 Å². The minimum absolute atomic E-state index is 0.0422. The van der Waals surface area contributed by atoms with Gasteiger partial charge in [0.05, 0.1) is 33.1 Å². The molecule has 0 aromatic carbocycles. The zero-order valence-electron chi connectivity index (χ0n) is 11.5. The molecular weight excluding hydrogens is 290 g/mol. The molecule has 1 aliphatic heterocycles. The molecule has 0 saturated carbocycles. The maximum absolute atomic E-state index is 12.1.